The average Bonchev–Trinajstić information content (AvgIpc) is 2.89. The number of hydrogen-bond acceptors (Lipinski definition) is 5. The van der Waals surface area contributed by atoms with Crippen LogP contribution < -0.4 is 5.73 Å². The normalized spacial score (nSPS) is 11.2. The van der Waals surface area contributed by atoms with Crippen LogP contribution >= 0.6 is 0 Å². The first-order valence-electron chi connectivity index (χ1n) is 7.28. The highest BCUT2D eigenvalue weighted by Gasteiger charge is 2.09. The van der Waals surface area contributed by atoms with Crippen LogP contribution in [-0.2, 0) is 11.3 Å². The van der Waals surface area contributed by atoms with Crippen molar-refractivity contribution in [1.82, 2.24) is 20.2 Å². The Hall–Kier alpha value is -1.95. The molecule has 0 aliphatic carbocycles. The smallest absolute Gasteiger partial charge is 0.182 e. The van der Waals surface area contributed by atoms with E-state index >= 15 is 0 Å². The fourth-order valence-corrected chi connectivity index (χ4v) is 1.95. The van der Waals surface area contributed by atoms with Crippen molar-refractivity contribution in [2.75, 3.05) is 18.9 Å². The van der Waals surface area contributed by atoms with E-state index in [1.54, 1.807) is 4.68 Å². The number of anilines is 1. The summed E-state index contributed by atoms with van der Waals surface area (Å²) < 4.78 is 7.38. The van der Waals surface area contributed by atoms with E-state index in [2.05, 4.69) is 29.4 Å². The summed E-state index contributed by atoms with van der Waals surface area (Å²) in [6.45, 7) is 8.37. The molecule has 0 bridgehead atoms. The Morgan fingerprint density at radius 3 is 2.81 bits per heavy atom. The molecule has 6 heteroatoms. The van der Waals surface area contributed by atoms with Gasteiger partial charge in [-0.3, -0.25) is 0 Å². The number of nitrogens with zero attached hydrogens (tertiary/aromatic N) is 4. The average molecular weight is 289 g/mol. The van der Waals surface area contributed by atoms with Crippen molar-refractivity contribution in [3.63, 3.8) is 0 Å². The number of hydrogen-bond donors (Lipinski definition) is 1. The summed E-state index contributed by atoms with van der Waals surface area (Å²) in [7, 11) is 0. The first-order valence-corrected chi connectivity index (χ1v) is 7.28. The SMILES string of the molecule is Cc1cc(-c2nnnn2CCOCCC(C)C)ccc1N. The van der Waals surface area contributed by atoms with Crippen LogP contribution in [0.25, 0.3) is 11.4 Å². The third kappa shape index (κ3) is 4.26. The highest BCUT2D eigenvalue weighted by Crippen LogP contribution is 2.20. The summed E-state index contributed by atoms with van der Waals surface area (Å²) >= 11 is 0. The second-order valence-corrected chi connectivity index (χ2v) is 5.59. The number of ether oxygens (including phenoxy) is 1. The Morgan fingerprint density at radius 2 is 2.10 bits per heavy atom. The molecule has 0 aliphatic rings. The van der Waals surface area contributed by atoms with Gasteiger partial charge in [0.2, 0.25) is 0 Å². The molecule has 2 aromatic rings. The third-order valence-corrected chi connectivity index (χ3v) is 3.35. The molecule has 6 nitrogen and oxygen atoms in total. The summed E-state index contributed by atoms with van der Waals surface area (Å²) in [5.41, 5.74) is 8.60. The lowest BCUT2D eigenvalue weighted by atomic mass is 10.1. The molecule has 0 spiro atoms. The maximum atomic E-state index is 5.84. The van der Waals surface area contributed by atoms with Gasteiger partial charge >= 0.3 is 0 Å². The van der Waals surface area contributed by atoms with Gasteiger partial charge in [-0.05, 0) is 53.5 Å². The maximum Gasteiger partial charge on any atom is 0.182 e. The van der Waals surface area contributed by atoms with Gasteiger partial charge in [0.15, 0.2) is 5.82 Å². The molecule has 1 aromatic carbocycles. The lowest BCUT2D eigenvalue weighted by Gasteiger charge is -2.08. The molecule has 0 radical (unpaired) electrons. The highest BCUT2D eigenvalue weighted by atomic mass is 16.5. The lowest BCUT2D eigenvalue weighted by Crippen LogP contribution is -2.10. The van der Waals surface area contributed by atoms with E-state index in [0.717, 1.165) is 35.7 Å². The van der Waals surface area contributed by atoms with Gasteiger partial charge in [0.25, 0.3) is 0 Å². The summed E-state index contributed by atoms with van der Waals surface area (Å²) in [6, 6.07) is 5.81. The molecule has 1 heterocycles. The van der Waals surface area contributed by atoms with Crippen LogP contribution in [0.5, 0.6) is 0 Å². The molecule has 0 fully saturated rings. The molecule has 0 aliphatic heterocycles. The standard InChI is InChI=1S/C15H23N5O/c1-11(2)6-8-21-9-7-20-15(17-18-19-20)13-4-5-14(16)12(3)10-13/h4-5,10-11H,6-9,16H2,1-3H3. The van der Waals surface area contributed by atoms with Crippen molar-refractivity contribution in [1.29, 1.82) is 0 Å². The van der Waals surface area contributed by atoms with Crippen LogP contribution in [0.2, 0.25) is 0 Å². The van der Waals surface area contributed by atoms with Crippen LogP contribution in [0, 0.1) is 12.8 Å². The Bertz CT molecular complexity index is 579. The molecule has 0 saturated heterocycles. The van der Waals surface area contributed by atoms with Crippen LogP contribution in [0.3, 0.4) is 0 Å². The Balaban J connectivity index is 1.96. The fraction of sp³-hybridized carbons (Fsp3) is 0.533. The molecule has 0 saturated carbocycles. The monoisotopic (exact) mass is 289 g/mol. The van der Waals surface area contributed by atoms with Crippen molar-refractivity contribution < 1.29 is 4.74 Å². The van der Waals surface area contributed by atoms with Crippen LogP contribution in [0.15, 0.2) is 18.2 Å². The number of benzene rings is 1. The van der Waals surface area contributed by atoms with E-state index in [1.807, 2.05) is 25.1 Å². The van der Waals surface area contributed by atoms with Gasteiger partial charge in [0.1, 0.15) is 0 Å². The predicted octanol–water partition coefficient (Wildman–Crippen LogP) is 2.29. The minimum atomic E-state index is 0.610. The van der Waals surface area contributed by atoms with Crippen molar-refractivity contribution in [2.24, 2.45) is 5.92 Å². The number of aromatic nitrogens is 4. The van der Waals surface area contributed by atoms with Crippen LogP contribution in [0.1, 0.15) is 25.8 Å². The fourth-order valence-electron chi connectivity index (χ4n) is 1.95. The first-order chi connectivity index (χ1) is 10.1. The molecule has 21 heavy (non-hydrogen) atoms. The molecule has 0 amide bonds. The minimum absolute atomic E-state index is 0.610. The van der Waals surface area contributed by atoms with Crippen LogP contribution in [-0.4, -0.2) is 33.4 Å². The largest absolute Gasteiger partial charge is 0.399 e. The summed E-state index contributed by atoms with van der Waals surface area (Å²) in [6.07, 6.45) is 1.07. The molecular formula is C15H23N5O. The number of rotatable bonds is 7. The van der Waals surface area contributed by atoms with Crippen molar-refractivity contribution >= 4 is 5.69 Å². The van der Waals surface area contributed by atoms with Crippen LogP contribution in [0.4, 0.5) is 5.69 Å². The van der Waals surface area contributed by atoms with E-state index in [0.29, 0.717) is 19.1 Å². The summed E-state index contributed by atoms with van der Waals surface area (Å²) in [5.74, 6) is 1.40. The van der Waals surface area contributed by atoms with Crippen molar-refractivity contribution in [2.45, 2.75) is 33.7 Å². The van der Waals surface area contributed by atoms with Crippen molar-refractivity contribution in [3.05, 3.63) is 23.8 Å². The van der Waals surface area contributed by atoms with Gasteiger partial charge < -0.3 is 10.5 Å². The molecular weight excluding hydrogens is 266 g/mol. The van der Waals surface area contributed by atoms with E-state index in [4.69, 9.17) is 10.5 Å². The zero-order valence-corrected chi connectivity index (χ0v) is 12.9. The quantitative estimate of drug-likeness (QED) is 0.625. The molecule has 2 rings (SSSR count). The first kappa shape index (κ1) is 15.4. The minimum Gasteiger partial charge on any atom is -0.399 e. The van der Waals surface area contributed by atoms with Gasteiger partial charge in [-0.2, -0.15) is 0 Å². The molecule has 114 valence electrons. The van der Waals surface area contributed by atoms with E-state index in [9.17, 15) is 0 Å². The summed E-state index contributed by atoms with van der Waals surface area (Å²) in [5, 5.41) is 11.9. The predicted molar refractivity (Wildman–Crippen MR) is 82.7 cm³/mol. The Labute approximate surface area is 125 Å². The zero-order valence-electron chi connectivity index (χ0n) is 12.9. The van der Waals surface area contributed by atoms with Gasteiger partial charge in [-0.25, -0.2) is 4.68 Å². The molecule has 0 unspecified atom stereocenters. The van der Waals surface area contributed by atoms with Gasteiger partial charge in [-0.15, -0.1) is 5.10 Å². The maximum absolute atomic E-state index is 5.84. The molecule has 1 aromatic heterocycles. The number of tetrazole rings is 1. The Kier molecular flexibility index (Phi) is 5.27. The zero-order chi connectivity index (χ0) is 15.2. The number of nitrogens with two attached hydrogens (primary N) is 1. The molecule has 0 atom stereocenters. The third-order valence-electron chi connectivity index (χ3n) is 3.35. The topological polar surface area (TPSA) is 78.8 Å². The lowest BCUT2D eigenvalue weighted by molar-refractivity contribution is 0.114. The molecule has 2 N–H and O–H groups in total. The summed E-state index contributed by atoms with van der Waals surface area (Å²) in [4.78, 5) is 0. The van der Waals surface area contributed by atoms with E-state index < -0.39 is 0 Å². The van der Waals surface area contributed by atoms with Gasteiger partial charge in [0.05, 0.1) is 13.2 Å². The van der Waals surface area contributed by atoms with E-state index in [1.165, 1.54) is 0 Å². The number of aryl methyl sites for hydroxylation is 1. The highest BCUT2D eigenvalue weighted by molar-refractivity contribution is 5.61. The van der Waals surface area contributed by atoms with Gasteiger partial charge in [0, 0.05) is 17.9 Å². The Morgan fingerprint density at radius 1 is 1.29 bits per heavy atom. The second-order valence-electron chi connectivity index (χ2n) is 5.59. The van der Waals surface area contributed by atoms with Gasteiger partial charge in [-0.1, -0.05) is 13.8 Å². The second kappa shape index (κ2) is 7.17. The van der Waals surface area contributed by atoms with Crippen molar-refractivity contribution in [3.8, 4) is 11.4 Å². The number of nitrogen functional groups attached to an aromatic ring is 1. The van der Waals surface area contributed by atoms with E-state index in [-0.39, 0.29) is 0 Å².